The van der Waals surface area contributed by atoms with Crippen molar-refractivity contribution >= 4 is 17.9 Å². The van der Waals surface area contributed by atoms with Gasteiger partial charge in [0.2, 0.25) is 0 Å². The summed E-state index contributed by atoms with van der Waals surface area (Å²) in [5, 5.41) is 0. The fraction of sp³-hybridized carbons (Fsp3) is 0.518. The molecule has 0 saturated heterocycles. The summed E-state index contributed by atoms with van der Waals surface area (Å²) in [5.74, 6) is -1.08. The largest absolute Gasteiger partial charge is 0.462 e. The van der Waals surface area contributed by atoms with E-state index in [1.54, 1.807) is 0 Å². The van der Waals surface area contributed by atoms with Gasteiger partial charge in [-0.1, -0.05) is 218 Å². The standard InChI is InChI=1S/C56H84O6/c1-4-7-10-13-16-19-22-25-27-28-29-32-34-37-40-43-46-49-55(58)61-52-53(51-60-54(57)48-45-42-39-36-33-30-24-21-18-15-12-9-6-3)62-56(59)50-47-44-41-38-35-31-26-23-20-17-14-11-8-5-2/h7,9-10,12-13,15-16,18-19,21-22,24-25,27-36,39,53H,4-6,8,11,14,17,20,23,26,37-38,40-52H2,1-3H3/b10-7-,12-9-,16-13-,18-15-,22-19-,24-21-,27-25-,29-28+,33-30-,34-32-,35-31-,39-36-. The second-order valence-electron chi connectivity index (χ2n) is 15.2. The maximum Gasteiger partial charge on any atom is 0.306 e. The number of hydrogen-bond acceptors (Lipinski definition) is 6. The van der Waals surface area contributed by atoms with E-state index in [4.69, 9.17) is 14.2 Å². The lowest BCUT2D eigenvalue weighted by Gasteiger charge is -2.18. The highest BCUT2D eigenvalue weighted by Gasteiger charge is 2.19. The molecule has 0 aliphatic heterocycles. The Bertz CT molecular complexity index is 1440. The number of ether oxygens (including phenoxy) is 3. The topological polar surface area (TPSA) is 78.9 Å². The summed E-state index contributed by atoms with van der Waals surface area (Å²) >= 11 is 0. The van der Waals surface area contributed by atoms with Crippen molar-refractivity contribution in [1.29, 1.82) is 0 Å². The monoisotopic (exact) mass is 853 g/mol. The number of hydrogen-bond donors (Lipinski definition) is 0. The Morgan fingerprint density at radius 2 is 0.661 bits per heavy atom. The molecule has 0 aromatic rings. The fourth-order valence-electron chi connectivity index (χ4n) is 5.79. The van der Waals surface area contributed by atoms with Gasteiger partial charge in [0.15, 0.2) is 6.10 Å². The van der Waals surface area contributed by atoms with E-state index in [1.165, 1.54) is 44.9 Å². The minimum Gasteiger partial charge on any atom is -0.462 e. The van der Waals surface area contributed by atoms with Crippen molar-refractivity contribution in [2.45, 2.75) is 175 Å². The SMILES string of the molecule is CC\C=C/C=C\C=C/C=C\C=C/CCCC(=O)OCC(COC(=O)CCCCC\C=C/C=C/C=C\C=C/C=C\C=C/CC)OC(=O)CCCCC/C=C\CCCCCCCCC. The van der Waals surface area contributed by atoms with Crippen LogP contribution in [0, 0.1) is 0 Å². The van der Waals surface area contributed by atoms with Gasteiger partial charge in [-0.2, -0.15) is 0 Å². The van der Waals surface area contributed by atoms with Gasteiger partial charge in [-0.15, -0.1) is 0 Å². The van der Waals surface area contributed by atoms with Crippen LogP contribution in [0.1, 0.15) is 168 Å². The van der Waals surface area contributed by atoms with Gasteiger partial charge >= 0.3 is 17.9 Å². The number of esters is 3. The van der Waals surface area contributed by atoms with Gasteiger partial charge in [-0.25, -0.2) is 0 Å². The van der Waals surface area contributed by atoms with Crippen LogP contribution in [0.4, 0.5) is 0 Å². The van der Waals surface area contributed by atoms with E-state index in [-0.39, 0.29) is 50.4 Å². The quantitative estimate of drug-likeness (QED) is 0.0201. The summed E-state index contributed by atoms with van der Waals surface area (Å²) in [4.78, 5) is 37.8. The summed E-state index contributed by atoms with van der Waals surface area (Å²) < 4.78 is 16.6. The number of allylic oxidation sites excluding steroid dienone is 24. The zero-order valence-corrected chi connectivity index (χ0v) is 39.1. The maximum atomic E-state index is 12.8. The minimum atomic E-state index is -0.838. The van der Waals surface area contributed by atoms with Crippen LogP contribution in [-0.2, 0) is 28.6 Å². The molecule has 0 rings (SSSR count). The Morgan fingerprint density at radius 3 is 1.10 bits per heavy atom. The maximum absolute atomic E-state index is 12.8. The first-order valence-electron chi connectivity index (χ1n) is 24.0. The molecule has 0 spiro atoms. The third kappa shape index (κ3) is 46.4. The van der Waals surface area contributed by atoms with Crippen molar-refractivity contribution in [2.24, 2.45) is 0 Å². The molecule has 0 bridgehead atoms. The molecule has 6 nitrogen and oxygen atoms in total. The van der Waals surface area contributed by atoms with Crippen molar-refractivity contribution in [2.75, 3.05) is 13.2 Å². The summed E-state index contributed by atoms with van der Waals surface area (Å²) in [6.07, 6.45) is 69.8. The molecule has 1 unspecified atom stereocenters. The zero-order chi connectivity index (χ0) is 45.1. The normalized spacial score (nSPS) is 13.4. The van der Waals surface area contributed by atoms with Crippen LogP contribution < -0.4 is 0 Å². The molecule has 0 aromatic carbocycles. The summed E-state index contributed by atoms with van der Waals surface area (Å²) in [6.45, 7) is 6.19. The van der Waals surface area contributed by atoms with E-state index < -0.39 is 6.10 Å². The van der Waals surface area contributed by atoms with Gasteiger partial charge < -0.3 is 14.2 Å². The number of carbonyl (C=O) groups excluding carboxylic acids is 3. The van der Waals surface area contributed by atoms with Gasteiger partial charge in [0.1, 0.15) is 13.2 Å². The molecule has 0 saturated carbocycles. The Hall–Kier alpha value is -4.71. The summed E-state index contributed by atoms with van der Waals surface area (Å²) in [5.41, 5.74) is 0. The molecule has 0 fully saturated rings. The number of carbonyl (C=O) groups is 3. The first-order chi connectivity index (χ1) is 30.5. The van der Waals surface area contributed by atoms with Crippen LogP contribution in [-0.4, -0.2) is 37.2 Å². The lowest BCUT2D eigenvalue weighted by atomic mass is 10.1. The molecule has 344 valence electrons. The third-order valence-corrected chi connectivity index (χ3v) is 9.35. The Morgan fingerprint density at radius 1 is 0.339 bits per heavy atom. The highest BCUT2D eigenvalue weighted by Crippen LogP contribution is 2.12. The van der Waals surface area contributed by atoms with Crippen LogP contribution in [0.25, 0.3) is 0 Å². The molecular weight excluding hydrogens is 769 g/mol. The molecule has 0 aromatic heterocycles. The molecule has 6 heteroatoms. The van der Waals surface area contributed by atoms with Crippen LogP contribution in [0.15, 0.2) is 146 Å². The lowest BCUT2D eigenvalue weighted by Crippen LogP contribution is -2.30. The first kappa shape index (κ1) is 57.3. The Kier molecular flexibility index (Phi) is 45.2. The van der Waals surface area contributed by atoms with Crippen LogP contribution in [0.3, 0.4) is 0 Å². The van der Waals surface area contributed by atoms with Crippen molar-refractivity contribution in [3.05, 3.63) is 146 Å². The van der Waals surface area contributed by atoms with E-state index in [9.17, 15) is 14.4 Å². The van der Waals surface area contributed by atoms with E-state index in [1.807, 2.05) is 115 Å². The van der Waals surface area contributed by atoms with Crippen LogP contribution in [0.5, 0.6) is 0 Å². The zero-order valence-electron chi connectivity index (χ0n) is 39.1. The Balaban J connectivity index is 4.64. The average Bonchev–Trinajstić information content (AvgIpc) is 3.27. The third-order valence-electron chi connectivity index (χ3n) is 9.35. The molecule has 0 amide bonds. The highest BCUT2D eigenvalue weighted by molar-refractivity contribution is 5.71. The molecule has 0 N–H and O–H groups in total. The molecule has 0 aliphatic rings. The van der Waals surface area contributed by atoms with E-state index in [0.717, 1.165) is 70.6 Å². The smallest absolute Gasteiger partial charge is 0.306 e. The van der Waals surface area contributed by atoms with Crippen molar-refractivity contribution in [3.63, 3.8) is 0 Å². The van der Waals surface area contributed by atoms with Crippen molar-refractivity contribution in [1.82, 2.24) is 0 Å². The van der Waals surface area contributed by atoms with Gasteiger partial charge in [0.05, 0.1) is 0 Å². The van der Waals surface area contributed by atoms with Crippen LogP contribution in [0.2, 0.25) is 0 Å². The van der Waals surface area contributed by atoms with Gasteiger partial charge in [-0.05, 0) is 77.0 Å². The van der Waals surface area contributed by atoms with Crippen molar-refractivity contribution < 1.29 is 28.6 Å². The van der Waals surface area contributed by atoms with E-state index >= 15 is 0 Å². The predicted molar refractivity (Wildman–Crippen MR) is 265 cm³/mol. The number of rotatable bonds is 40. The molecule has 0 aliphatic carbocycles. The molecule has 1 atom stereocenters. The number of unbranched alkanes of at least 4 members (excludes halogenated alkanes) is 14. The molecule has 0 radical (unpaired) electrons. The van der Waals surface area contributed by atoms with Gasteiger partial charge in [-0.3, -0.25) is 14.4 Å². The van der Waals surface area contributed by atoms with E-state index in [0.29, 0.717) is 12.8 Å². The molecular formula is C56H84O6. The van der Waals surface area contributed by atoms with Crippen molar-refractivity contribution in [3.8, 4) is 0 Å². The second-order valence-corrected chi connectivity index (χ2v) is 15.2. The second kappa shape index (κ2) is 49.0. The van der Waals surface area contributed by atoms with E-state index in [2.05, 4.69) is 51.2 Å². The highest BCUT2D eigenvalue weighted by atomic mass is 16.6. The predicted octanol–water partition coefficient (Wildman–Crippen LogP) is 15.7. The summed E-state index contributed by atoms with van der Waals surface area (Å²) in [6, 6.07) is 0. The van der Waals surface area contributed by atoms with Gasteiger partial charge in [0.25, 0.3) is 0 Å². The fourth-order valence-corrected chi connectivity index (χ4v) is 5.79. The molecule has 62 heavy (non-hydrogen) atoms. The molecule has 0 heterocycles. The Labute approximate surface area is 378 Å². The lowest BCUT2D eigenvalue weighted by molar-refractivity contribution is -0.167. The average molecular weight is 853 g/mol. The van der Waals surface area contributed by atoms with Crippen LogP contribution >= 0.6 is 0 Å². The van der Waals surface area contributed by atoms with Gasteiger partial charge in [0, 0.05) is 19.3 Å². The minimum absolute atomic E-state index is 0.136. The summed E-state index contributed by atoms with van der Waals surface area (Å²) in [7, 11) is 0. The first-order valence-corrected chi connectivity index (χ1v) is 24.0.